The maximum Gasteiger partial charge on any atom is 0.253 e. The number of halogens is 2. The lowest BCUT2D eigenvalue weighted by molar-refractivity contribution is 0.0664. The Morgan fingerprint density at radius 3 is 2.39 bits per heavy atom. The molecule has 1 aromatic heterocycles. The second-order valence-corrected chi connectivity index (χ2v) is 9.16. The molecule has 0 aliphatic carbocycles. The van der Waals surface area contributed by atoms with Crippen LogP contribution < -0.4 is 5.32 Å². The van der Waals surface area contributed by atoms with Gasteiger partial charge in [0.15, 0.2) is 0 Å². The van der Waals surface area contributed by atoms with Crippen molar-refractivity contribution in [3.05, 3.63) is 70.7 Å². The number of rotatable bonds is 4. The summed E-state index contributed by atoms with van der Waals surface area (Å²) in [6.07, 6.45) is 0. The molecule has 0 spiro atoms. The molecule has 5 rings (SSSR count). The quantitative estimate of drug-likeness (QED) is 0.391. The summed E-state index contributed by atoms with van der Waals surface area (Å²) < 4.78 is 0. The fraction of sp³-hybridized carbons (Fsp3) is 0.231. The summed E-state index contributed by atoms with van der Waals surface area (Å²) in [5.74, 6) is 0.550. The van der Waals surface area contributed by atoms with Gasteiger partial charge in [0, 0.05) is 48.0 Å². The minimum absolute atomic E-state index is 0. The first-order valence-electron chi connectivity index (χ1n) is 11.4. The first-order valence-corrected chi connectivity index (χ1v) is 11.7. The van der Waals surface area contributed by atoms with Crippen LogP contribution in [0.25, 0.3) is 22.2 Å². The van der Waals surface area contributed by atoms with Crippen molar-refractivity contribution >= 4 is 52.6 Å². The van der Waals surface area contributed by atoms with Crippen molar-refractivity contribution in [3.63, 3.8) is 0 Å². The van der Waals surface area contributed by atoms with Gasteiger partial charge in [-0.1, -0.05) is 11.6 Å². The van der Waals surface area contributed by atoms with Gasteiger partial charge in [-0.2, -0.15) is 0 Å². The van der Waals surface area contributed by atoms with E-state index in [-0.39, 0.29) is 24.1 Å². The first-order chi connectivity index (χ1) is 16.9. The van der Waals surface area contributed by atoms with E-state index in [4.69, 9.17) is 11.6 Å². The Bertz CT molecular complexity index is 1410. The van der Waals surface area contributed by atoms with Gasteiger partial charge in [-0.25, -0.2) is 4.98 Å². The number of hydrogen-bond acceptors (Lipinski definition) is 7. The van der Waals surface area contributed by atoms with Gasteiger partial charge in [-0.05, 0) is 79.7 Å². The van der Waals surface area contributed by atoms with Crippen LogP contribution in [0.3, 0.4) is 0 Å². The number of likely N-dealkylation sites (N-methyl/N-ethyl adjacent to an activating group) is 1. The number of hydrogen-bond donors (Lipinski definition) is 2. The Balaban J connectivity index is 0.00000304. The van der Waals surface area contributed by atoms with Gasteiger partial charge in [0.1, 0.15) is 11.3 Å². The van der Waals surface area contributed by atoms with Crippen LogP contribution in [0.1, 0.15) is 15.9 Å². The van der Waals surface area contributed by atoms with Crippen LogP contribution in [-0.4, -0.2) is 69.2 Å². The molecule has 1 fully saturated rings. The van der Waals surface area contributed by atoms with E-state index in [0.717, 1.165) is 48.6 Å². The molecule has 1 aliphatic heterocycles. The molecule has 0 radical (unpaired) electrons. The number of anilines is 2. The first kappa shape index (κ1) is 25.6. The lowest BCUT2D eigenvalue weighted by atomic mass is 9.99. The Labute approximate surface area is 220 Å². The number of phenols is 1. The molecule has 2 heterocycles. The molecule has 1 amide bonds. The zero-order valence-electron chi connectivity index (χ0n) is 19.9. The molecule has 0 unspecified atom stereocenters. The van der Waals surface area contributed by atoms with Crippen LogP contribution in [0, 0.1) is 6.92 Å². The number of carbonyl (C=O) groups excluding carboxylic acids is 1. The average Bonchev–Trinajstić information content (AvgIpc) is 2.86. The number of piperazine rings is 1. The molecule has 0 bridgehead atoms. The molecule has 8 nitrogen and oxygen atoms in total. The van der Waals surface area contributed by atoms with Gasteiger partial charge < -0.3 is 20.2 Å². The Hall–Kier alpha value is -3.46. The van der Waals surface area contributed by atoms with E-state index in [1.54, 1.807) is 18.2 Å². The van der Waals surface area contributed by atoms with Crippen molar-refractivity contribution < 1.29 is 9.90 Å². The summed E-state index contributed by atoms with van der Waals surface area (Å²) in [6.45, 7) is 5.22. The molecular weight excluding hydrogens is 499 g/mol. The molecule has 3 aromatic carbocycles. The van der Waals surface area contributed by atoms with Crippen molar-refractivity contribution in [3.8, 4) is 16.9 Å². The van der Waals surface area contributed by atoms with E-state index in [9.17, 15) is 9.90 Å². The van der Waals surface area contributed by atoms with Gasteiger partial charge in [-0.3, -0.25) is 4.79 Å². The molecule has 186 valence electrons. The molecule has 0 saturated carbocycles. The number of fused-ring (bicyclic) bond motifs is 1. The molecule has 2 N–H and O–H groups in total. The van der Waals surface area contributed by atoms with Gasteiger partial charge in [0.05, 0.1) is 5.52 Å². The smallest absolute Gasteiger partial charge is 0.253 e. The largest absolute Gasteiger partial charge is 0.508 e. The van der Waals surface area contributed by atoms with E-state index in [0.29, 0.717) is 27.6 Å². The average molecular weight is 525 g/mol. The summed E-state index contributed by atoms with van der Waals surface area (Å²) in [6, 6.07) is 15.9. The van der Waals surface area contributed by atoms with Crippen molar-refractivity contribution in [1.82, 2.24) is 25.0 Å². The molecule has 10 heteroatoms. The monoisotopic (exact) mass is 524 g/mol. The number of nitrogens with zero attached hydrogens (tertiary/aromatic N) is 5. The fourth-order valence-corrected chi connectivity index (χ4v) is 4.39. The zero-order valence-corrected chi connectivity index (χ0v) is 21.5. The van der Waals surface area contributed by atoms with Crippen LogP contribution in [0.4, 0.5) is 11.6 Å². The lowest BCUT2D eigenvalue weighted by Gasteiger charge is -2.32. The summed E-state index contributed by atoms with van der Waals surface area (Å²) >= 11 is 6.35. The number of phenolic OH excluding ortho intramolecular Hbond substituents is 1. The van der Waals surface area contributed by atoms with Crippen LogP contribution in [0.15, 0.2) is 54.6 Å². The van der Waals surface area contributed by atoms with Crippen LogP contribution in [0.2, 0.25) is 5.02 Å². The lowest BCUT2D eigenvalue weighted by Crippen LogP contribution is -2.47. The molecule has 1 saturated heterocycles. The third kappa shape index (κ3) is 5.36. The van der Waals surface area contributed by atoms with Crippen LogP contribution >= 0.6 is 24.0 Å². The number of nitrogens with one attached hydrogen (secondary N) is 1. The topological polar surface area (TPSA) is 94.5 Å². The van der Waals surface area contributed by atoms with Gasteiger partial charge in [-0.15, -0.1) is 22.6 Å². The standard InChI is InChI=1S/C26H25ClN6O2.ClH/c1-16-13-23-24(15-20(16)21-14-19(34)7-8-22(21)27)30-31-26(29-23)28-18-5-3-17(4-6-18)25(35)33-11-9-32(2)10-12-33;/h3-8,13-15,34H,9-12H2,1-2H3,(H,28,29,31);1H. The summed E-state index contributed by atoms with van der Waals surface area (Å²) in [5.41, 5.74) is 5.25. The van der Waals surface area contributed by atoms with E-state index < -0.39 is 0 Å². The number of amides is 1. The Morgan fingerprint density at radius 1 is 0.944 bits per heavy atom. The number of aryl methyl sites for hydroxylation is 1. The van der Waals surface area contributed by atoms with Gasteiger partial charge in [0.2, 0.25) is 5.95 Å². The Morgan fingerprint density at radius 2 is 1.67 bits per heavy atom. The number of carbonyl (C=O) groups is 1. The van der Waals surface area contributed by atoms with Crippen molar-refractivity contribution in [2.45, 2.75) is 6.92 Å². The molecule has 0 atom stereocenters. The maximum atomic E-state index is 12.8. The number of benzene rings is 3. The van der Waals surface area contributed by atoms with Crippen molar-refractivity contribution in [2.75, 3.05) is 38.5 Å². The minimum atomic E-state index is 0. The summed E-state index contributed by atoms with van der Waals surface area (Å²) in [7, 11) is 2.07. The Kier molecular flexibility index (Phi) is 7.59. The van der Waals surface area contributed by atoms with E-state index in [1.165, 1.54) is 0 Å². The second-order valence-electron chi connectivity index (χ2n) is 8.75. The third-order valence-electron chi connectivity index (χ3n) is 6.22. The maximum absolute atomic E-state index is 12.8. The third-order valence-corrected chi connectivity index (χ3v) is 6.55. The number of aromatic hydroxyl groups is 1. The molecule has 1 aliphatic rings. The van der Waals surface area contributed by atoms with Crippen LogP contribution in [-0.2, 0) is 0 Å². The molecule has 4 aromatic rings. The van der Waals surface area contributed by atoms with Crippen molar-refractivity contribution in [1.29, 1.82) is 0 Å². The van der Waals surface area contributed by atoms with Gasteiger partial charge >= 0.3 is 0 Å². The van der Waals surface area contributed by atoms with Crippen LogP contribution in [0.5, 0.6) is 5.75 Å². The normalized spacial score (nSPS) is 13.9. The highest BCUT2D eigenvalue weighted by molar-refractivity contribution is 6.33. The van der Waals surface area contributed by atoms with Gasteiger partial charge in [0.25, 0.3) is 5.91 Å². The molecular formula is C26H26Cl2N6O2. The second kappa shape index (κ2) is 10.7. The predicted octanol–water partition coefficient (Wildman–Crippen LogP) is 4.91. The molecule has 36 heavy (non-hydrogen) atoms. The number of aromatic nitrogens is 3. The summed E-state index contributed by atoms with van der Waals surface area (Å²) in [4.78, 5) is 21.5. The van der Waals surface area contributed by atoms with E-state index in [2.05, 4.69) is 32.4 Å². The SMILES string of the molecule is Cc1cc2nc(Nc3ccc(C(=O)N4CCN(C)CC4)cc3)nnc2cc1-c1cc(O)ccc1Cl.Cl. The highest BCUT2D eigenvalue weighted by Crippen LogP contribution is 2.34. The van der Waals surface area contributed by atoms with Crippen molar-refractivity contribution in [2.24, 2.45) is 0 Å². The predicted molar refractivity (Wildman–Crippen MR) is 145 cm³/mol. The minimum Gasteiger partial charge on any atom is -0.508 e. The zero-order chi connectivity index (χ0) is 24.5. The van der Waals surface area contributed by atoms with E-state index >= 15 is 0 Å². The highest BCUT2D eigenvalue weighted by Gasteiger charge is 2.20. The fourth-order valence-electron chi connectivity index (χ4n) is 4.17. The highest BCUT2D eigenvalue weighted by atomic mass is 35.5. The van der Waals surface area contributed by atoms with E-state index in [1.807, 2.05) is 48.2 Å². The summed E-state index contributed by atoms with van der Waals surface area (Å²) in [5, 5.41) is 22.1.